The number of piperazine rings is 1. The lowest BCUT2D eigenvalue weighted by Gasteiger charge is -2.35. The van der Waals surface area contributed by atoms with E-state index in [1.165, 1.54) is 5.56 Å². The molecule has 1 aliphatic rings. The first-order chi connectivity index (χ1) is 12.5. The zero-order chi connectivity index (χ0) is 18.7. The average molecular weight is 483 g/mol. The Hall–Kier alpha value is -1.67. The molecule has 1 aromatic carbocycles. The molecule has 1 aromatic heterocycles. The number of halogens is 2. The van der Waals surface area contributed by atoms with Gasteiger partial charge < -0.3 is 15.1 Å². The Labute approximate surface area is 170 Å². The van der Waals surface area contributed by atoms with E-state index in [1.54, 1.807) is 18.6 Å². The molecular formula is C18H21Br2N5O. The molecule has 2 amide bonds. The Morgan fingerprint density at radius 3 is 2.31 bits per heavy atom. The molecule has 138 valence electrons. The number of anilines is 2. The maximum Gasteiger partial charge on any atom is 0.322 e. The van der Waals surface area contributed by atoms with E-state index in [1.807, 2.05) is 4.90 Å². The van der Waals surface area contributed by atoms with E-state index in [0.29, 0.717) is 19.0 Å². The van der Waals surface area contributed by atoms with Crippen molar-refractivity contribution in [2.24, 2.45) is 0 Å². The van der Waals surface area contributed by atoms with E-state index < -0.39 is 0 Å². The van der Waals surface area contributed by atoms with Crippen LogP contribution in [-0.2, 0) is 0 Å². The monoisotopic (exact) mass is 481 g/mol. The lowest BCUT2D eigenvalue weighted by Crippen LogP contribution is -2.50. The highest BCUT2D eigenvalue weighted by atomic mass is 79.9. The molecular weight excluding hydrogens is 462 g/mol. The summed E-state index contributed by atoms with van der Waals surface area (Å²) in [5.41, 5.74) is 1.97. The Bertz CT molecular complexity index is 753. The fourth-order valence-electron chi connectivity index (χ4n) is 2.82. The second kappa shape index (κ2) is 8.35. The summed E-state index contributed by atoms with van der Waals surface area (Å²) < 4.78 is 1.75. The van der Waals surface area contributed by atoms with Crippen LogP contribution in [-0.4, -0.2) is 47.1 Å². The standard InChI is InChI=1S/C18H21Br2N5O/c1-12(2)13-9-14(19)17(15(20)10-13)23-18(26)25-7-5-24(6-8-25)16-11-21-3-4-22-16/h3-4,9-12H,5-8H2,1-2H3,(H,23,26). The zero-order valence-corrected chi connectivity index (χ0v) is 17.9. The van der Waals surface area contributed by atoms with E-state index in [-0.39, 0.29) is 6.03 Å². The molecule has 1 aliphatic heterocycles. The number of carbonyl (C=O) groups is 1. The topological polar surface area (TPSA) is 61.4 Å². The van der Waals surface area contributed by atoms with Crippen LogP contribution < -0.4 is 10.2 Å². The Morgan fingerprint density at radius 1 is 1.12 bits per heavy atom. The Balaban J connectivity index is 1.63. The molecule has 8 heteroatoms. The van der Waals surface area contributed by atoms with E-state index in [9.17, 15) is 4.79 Å². The number of benzene rings is 1. The van der Waals surface area contributed by atoms with E-state index in [4.69, 9.17) is 0 Å². The summed E-state index contributed by atoms with van der Waals surface area (Å²) in [6.45, 7) is 7.04. The molecule has 2 aromatic rings. The minimum absolute atomic E-state index is 0.0949. The molecule has 3 rings (SSSR count). The average Bonchev–Trinajstić information content (AvgIpc) is 2.65. The smallest absolute Gasteiger partial charge is 0.322 e. The van der Waals surface area contributed by atoms with Gasteiger partial charge in [-0.15, -0.1) is 0 Å². The molecule has 26 heavy (non-hydrogen) atoms. The maximum atomic E-state index is 12.7. The van der Waals surface area contributed by atoms with Gasteiger partial charge in [0.2, 0.25) is 0 Å². The fraction of sp³-hybridized carbons (Fsp3) is 0.389. The second-order valence-electron chi connectivity index (χ2n) is 6.48. The largest absolute Gasteiger partial charge is 0.352 e. The zero-order valence-electron chi connectivity index (χ0n) is 14.7. The molecule has 2 heterocycles. The summed E-state index contributed by atoms with van der Waals surface area (Å²) in [4.78, 5) is 25.0. The van der Waals surface area contributed by atoms with Crippen LogP contribution in [0.3, 0.4) is 0 Å². The first-order valence-corrected chi connectivity index (χ1v) is 10.1. The third-order valence-corrected chi connectivity index (χ3v) is 5.65. The summed E-state index contributed by atoms with van der Waals surface area (Å²) >= 11 is 7.14. The molecule has 6 nitrogen and oxygen atoms in total. The van der Waals surface area contributed by atoms with E-state index in [2.05, 4.69) is 78.0 Å². The van der Waals surface area contributed by atoms with E-state index >= 15 is 0 Å². The van der Waals surface area contributed by atoms with Crippen molar-refractivity contribution in [3.63, 3.8) is 0 Å². The molecule has 0 atom stereocenters. The van der Waals surface area contributed by atoms with Crippen LogP contribution in [0.2, 0.25) is 0 Å². The van der Waals surface area contributed by atoms with Gasteiger partial charge in [0, 0.05) is 47.5 Å². The normalized spacial score (nSPS) is 14.7. The van der Waals surface area contributed by atoms with Crippen LogP contribution in [0.25, 0.3) is 0 Å². The molecule has 0 radical (unpaired) electrons. The van der Waals surface area contributed by atoms with Gasteiger partial charge in [-0.25, -0.2) is 9.78 Å². The van der Waals surface area contributed by atoms with Gasteiger partial charge in [0.05, 0.1) is 11.9 Å². The minimum Gasteiger partial charge on any atom is -0.352 e. The van der Waals surface area contributed by atoms with Crippen molar-refractivity contribution >= 4 is 49.4 Å². The van der Waals surface area contributed by atoms with Gasteiger partial charge in [0.1, 0.15) is 5.82 Å². The molecule has 1 saturated heterocycles. The molecule has 1 N–H and O–H groups in total. The number of amides is 2. The van der Waals surface area contributed by atoms with Crippen molar-refractivity contribution in [1.29, 1.82) is 0 Å². The number of aromatic nitrogens is 2. The summed E-state index contributed by atoms with van der Waals surface area (Å²) in [5, 5.41) is 3.02. The number of hydrogen-bond acceptors (Lipinski definition) is 4. The van der Waals surface area contributed by atoms with Gasteiger partial charge in [-0.05, 0) is 55.5 Å². The highest BCUT2D eigenvalue weighted by Crippen LogP contribution is 2.35. The predicted molar refractivity (Wildman–Crippen MR) is 111 cm³/mol. The van der Waals surface area contributed by atoms with Crippen molar-refractivity contribution in [3.05, 3.63) is 45.2 Å². The highest BCUT2D eigenvalue weighted by Gasteiger charge is 2.23. The number of hydrogen-bond donors (Lipinski definition) is 1. The number of nitrogens with one attached hydrogen (secondary N) is 1. The van der Waals surface area contributed by atoms with Gasteiger partial charge in [-0.3, -0.25) is 4.98 Å². The molecule has 0 unspecified atom stereocenters. The van der Waals surface area contributed by atoms with Crippen molar-refractivity contribution < 1.29 is 4.79 Å². The summed E-state index contributed by atoms with van der Waals surface area (Å²) in [7, 11) is 0. The van der Waals surface area contributed by atoms with Gasteiger partial charge in [-0.2, -0.15) is 0 Å². The SMILES string of the molecule is CC(C)c1cc(Br)c(NC(=O)N2CCN(c3cnccn3)CC2)c(Br)c1. The van der Waals surface area contributed by atoms with Crippen LogP contribution >= 0.6 is 31.9 Å². The Kier molecular flexibility index (Phi) is 6.13. The minimum atomic E-state index is -0.0949. The predicted octanol–water partition coefficient (Wildman–Crippen LogP) is 4.48. The summed E-state index contributed by atoms with van der Waals surface area (Å²) in [6.07, 6.45) is 5.10. The van der Waals surface area contributed by atoms with Crippen LogP contribution in [0.5, 0.6) is 0 Å². The van der Waals surface area contributed by atoms with Crippen LogP contribution in [0.15, 0.2) is 39.7 Å². The summed E-state index contributed by atoms with van der Waals surface area (Å²) in [5.74, 6) is 1.27. The first kappa shape index (κ1) is 19.1. The summed E-state index contributed by atoms with van der Waals surface area (Å²) in [6, 6.07) is 4.01. The molecule has 0 saturated carbocycles. The molecule has 1 fully saturated rings. The van der Waals surface area contributed by atoms with Crippen molar-refractivity contribution in [2.45, 2.75) is 19.8 Å². The van der Waals surface area contributed by atoms with E-state index in [0.717, 1.165) is 33.5 Å². The Morgan fingerprint density at radius 2 is 1.77 bits per heavy atom. The van der Waals surface area contributed by atoms with Crippen molar-refractivity contribution in [2.75, 3.05) is 36.4 Å². The number of nitrogens with zero attached hydrogens (tertiary/aromatic N) is 4. The number of carbonyl (C=O) groups excluding carboxylic acids is 1. The van der Waals surface area contributed by atoms with Gasteiger partial charge in [0.25, 0.3) is 0 Å². The van der Waals surface area contributed by atoms with Crippen LogP contribution in [0.4, 0.5) is 16.3 Å². The van der Waals surface area contributed by atoms with Crippen LogP contribution in [0.1, 0.15) is 25.3 Å². The third-order valence-electron chi connectivity index (χ3n) is 4.40. The first-order valence-electron chi connectivity index (χ1n) is 8.51. The lowest BCUT2D eigenvalue weighted by atomic mass is 10.0. The van der Waals surface area contributed by atoms with Gasteiger partial charge in [-0.1, -0.05) is 13.8 Å². The number of rotatable bonds is 3. The lowest BCUT2D eigenvalue weighted by molar-refractivity contribution is 0.208. The highest BCUT2D eigenvalue weighted by molar-refractivity contribution is 9.11. The van der Waals surface area contributed by atoms with Crippen LogP contribution in [0, 0.1) is 0 Å². The quantitative estimate of drug-likeness (QED) is 0.700. The van der Waals surface area contributed by atoms with Gasteiger partial charge in [0.15, 0.2) is 0 Å². The van der Waals surface area contributed by atoms with Crippen molar-refractivity contribution in [3.8, 4) is 0 Å². The maximum absolute atomic E-state index is 12.7. The second-order valence-corrected chi connectivity index (χ2v) is 8.19. The van der Waals surface area contributed by atoms with Crippen molar-refractivity contribution in [1.82, 2.24) is 14.9 Å². The third kappa shape index (κ3) is 4.35. The molecule has 0 aliphatic carbocycles. The fourth-order valence-corrected chi connectivity index (χ4v) is 4.24. The van der Waals surface area contributed by atoms with Gasteiger partial charge >= 0.3 is 6.03 Å². The molecule has 0 spiro atoms. The number of urea groups is 1. The molecule has 0 bridgehead atoms.